The molecule has 0 spiro atoms. The number of carbonyl (C=O) groups is 1. The van der Waals surface area contributed by atoms with E-state index in [1.54, 1.807) is 0 Å². The lowest BCUT2D eigenvalue weighted by molar-refractivity contribution is -0.143. The first-order valence-corrected chi connectivity index (χ1v) is 9.20. The summed E-state index contributed by atoms with van der Waals surface area (Å²) >= 11 is 0. The average Bonchev–Trinajstić information content (AvgIpc) is 3.18. The predicted octanol–water partition coefficient (Wildman–Crippen LogP) is 2.68. The minimum absolute atomic E-state index is 0.0355. The Balaban J connectivity index is 1.56. The Hall–Kier alpha value is -2.14. The highest BCUT2D eigenvalue weighted by atomic mass is 16.2. The lowest BCUT2D eigenvalue weighted by atomic mass is 10.1. The molecule has 5 nitrogen and oxygen atoms in total. The second kappa shape index (κ2) is 6.30. The number of aromatic nitrogens is 2. The number of nitrogens with zero attached hydrogens (tertiary/aromatic N) is 4. The second-order valence-electron chi connectivity index (χ2n) is 7.44. The molecule has 1 amide bonds. The van der Waals surface area contributed by atoms with Gasteiger partial charge in [-0.15, -0.1) is 0 Å². The summed E-state index contributed by atoms with van der Waals surface area (Å²) in [5, 5.41) is 4.58. The van der Waals surface area contributed by atoms with Crippen molar-refractivity contribution in [2.24, 2.45) is 0 Å². The molecule has 5 heteroatoms. The molecule has 1 aromatic heterocycles. The average molecular weight is 338 g/mol. The van der Waals surface area contributed by atoms with Crippen molar-refractivity contribution in [2.45, 2.75) is 52.2 Å². The summed E-state index contributed by atoms with van der Waals surface area (Å²) in [7, 11) is 0. The van der Waals surface area contributed by atoms with Gasteiger partial charge in [-0.2, -0.15) is 5.10 Å². The van der Waals surface area contributed by atoms with Crippen LogP contribution in [-0.4, -0.2) is 50.7 Å². The molecule has 0 bridgehead atoms. The summed E-state index contributed by atoms with van der Waals surface area (Å²) in [5.74, 6) is 0.295. The van der Waals surface area contributed by atoms with Gasteiger partial charge in [-0.05, 0) is 57.4 Å². The van der Waals surface area contributed by atoms with Crippen LogP contribution in [-0.2, 0) is 11.3 Å². The van der Waals surface area contributed by atoms with Crippen LogP contribution in [0.3, 0.4) is 0 Å². The molecule has 2 saturated heterocycles. The van der Waals surface area contributed by atoms with Gasteiger partial charge in [0.1, 0.15) is 0 Å². The summed E-state index contributed by atoms with van der Waals surface area (Å²) in [6, 6.07) is 11.0. The molecule has 0 aliphatic carbocycles. The maximum atomic E-state index is 12.6. The Bertz CT molecular complexity index is 797. The number of fused-ring (bicyclic) bond motifs is 1. The topological polar surface area (TPSA) is 41.4 Å². The molecule has 25 heavy (non-hydrogen) atoms. The van der Waals surface area contributed by atoms with Crippen LogP contribution in [0.25, 0.3) is 5.69 Å². The van der Waals surface area contributed by atoms with Crippen molar-refractivity contribution in [3.8, 4) is 5.69 Å². The fourth-order valence-corrected chi connectivity index (χ4v) is 4.25. The third-order valence-corrected chi connectivity index (χ3v) is 5.56. The summed E-state index contributed by atoms with van der Waals surface area (Å²) in [5.41, 5.74) is 4.48. The zero-order valence-corrected chi connectivity index (χ0v) is 15.3. The Morgan fingerprint density at radius 1 is 1.24 bits per heavy atom. The minimum Gasteiger partial charge on any atom is -0.337 e. The third kappa shape index (κ3) is 2.97. The highest BCUT2D eigenvalue weighted by Crippen LogP contribution is 2.27. The molecule has 1 aromatic carbocycles. The Morgan fingerprint density at radius 2 is 2.08 bits per heavy atom. The molecule has 2 atom stereocenters. The zero-order valence-electron chi connectivity index (χ0n) is 15.3. The lowest BCUT2D eigenvalue weighted by Gasteiger charge is -2.41. The fourth-order valence-electron chi connectivity index (χ4n) is 4.25. The number of rotatable bonds is 3. The van der Waals surface area contributed by atoms with Crippen molar-refractivity contribution in [2.75, 3.05) is 13.1 Å². The number of amides is 1. The normalized spacial score (nSPS) is 24.0. The van der Waals surface area contributed by atoms with E-state index in [0.717, 1.165) is 49.6 Å². The third-order valence-electron chi connectivity index (χ3n) is 5.56. The second-order valence-corrected chi connectivity index (χ2v) is 7.44. The molecule has 2 aliphatic heterocycles. The minimum atomic E-state index is -0.0355. The van der Waals surface area contributed by atoms with Gasteiger partial charge in [0.05, 0.1) is 17.4 Å². The Morgan fingerprint density at radius 3 is 2.84 bits per heavy atom. The molecule has 0 N–H and O–H groups in total. The molecule has 0 radical (unpaired) electrons. The van der Waals surface area contributed by atoms with E-state index in [9.17, 15) is 4.79 Å². The van der Waals surface area contributed by atoms with E-state index in [4.69, 9.17) is 0 Å². The van der Waals surface area contributed by atoms with E-state index in [1.807, 2.05) is 18.5 Å². The summed E-state index contributed by atoms with van der Waals surface area (Å²) < 4.78 is 1.99. The molecule has 3 heterocycles. The molecule has 0 saturated carbocycles. The van der Waals surface area contributed by atoms with Crippen LogP contribution in [0, 0.1) is 13.8 Å². The lowest BCUT2D eigenvalue weighted by Crippen LogP contribution is -2.58. The largest absolute Gasteiger partial charge is 0.337 e. The van der Waals surface area contributed by atoms with Gasteiger partial charge in [0.15, 0.2) is 0 Å². The van der Waals surface area contributed by atoms with Gasteiger partial charge in [0, 0.05) is 31.4 Å². The predicted molar refractivity (Wildman–Crippen MR) is 97.6 cm³/mol. The van der Waals surface area contributed by atoms with Gasteiger partial charge in [-0.25, -0.2) is 4.68 Å². The molecule has 132 valence electrons. The van der Waals surface area contributed by atoms with Crippen LogP contribution in [0.5, 0.6) is 0 Å². The monoisotopic (exact) mass is 338 g/mol. The van der Waals surface area contributed by atoms with Gasteiger partial charge in [-0.1, -0.05) is 12.1 Å². The van der Waals surface area contributed by atoms with Crippen molar-refractivity contribution < 1.29 is 4.79 Å². The number of benzene rings is 1. The van der Waals surface area contributed by atoms with Crippen LogP contribution in [0.2, 0.25) is 0 Å². The zero-order chi connectivity index (χ0) is 17.6. The van der Waals surface area contributed by atoms with Crippen molar-refractivity contribution in [1.29, 1.82) is 0 Å². The number of hydrogen-bond acceptors (Lipinski definition) is 3. The number of hydrogen-bond donors (Lipinski definition) is 0. The van der Waals surface area contributed by atoms with E-state index < -0.39 is 0 Å². The first-order valence-electron chi connectivity index (χ1n) is 9.20. The highest BCUT2D eigenvalue weighted by Gasteiger charge is 2.39. The maximum absolute atomic E-state index is 12.6. The van der Waals surface area contributed by atoms with Gasteiger partial charge < -0.3 is 4.90 Å². The van der Waals surface area contributed by atoms with Crippen LogP contribution in [0.4, 0.5) is 0 Å². The van der Waals surface area contributed by atoms with Gasteiger partial charge in [-0.3, -0.25) is 9.69 Å². The molecular weight excluding hydrogens is 312 g/mol. The molecule has 2 aromatic rings. The van der Waals surface area contributed by atoms with E-state index in [2.05, 4.69) is 52.2 Å². The standard InChI is InChI=1S/C20H26N4O/c1-14-10-15(2)24(21-14)18-7-4-6-17(11-18)12-22-13-19-8-5-9-23(19)20(25)16(22)3/h4,6-7,10-11,16,19H,5,8-9,12-13H2,1-3H3/t16-,19+/m0/s1. The van der Waals surface area contributed by atoms with Crippen LogP contribution >= 0.6 is 0 Å². The van der Waals surface area contributed by atoms with E-state index in [-0.39, 0.29) is 6.04 Å². The number of carbonyl (C=O) groups excluding carboxylic acids is 1. The van der Waals surface area contributed by atoms with Gasteiger partial charge >= 0.3 is 0 Å². The summed E-state index contributed by atoms with van der Waals surface area (Å²) in [6.07, 6.45) is 2.28. The molecule has 2 aliphatic rings. The molecule has 2 fully saturated rings. The van der Waals surface area contributed by atoms with Crippen molar-refractivity contribution in [3.63, 3.8) is 0 Å². The van der Waals surface area contributed by atoms with Crippen LogP contribution < -0.4 is 0 Å². The smallest absolute Gasteiger partial charge is 0.239 e. The summed E-state index contributed by atoms with van der Waals surface area (Å²) in [6.45, 7) is 8.87. The SMILES string of the molecule is Cc1cc(C)n(-c2cccc(CN3C[C@H]4CCCN4C(=O)[C@@H]3C)c2)n1. The Labute approximate surface area is 149 Å². The van der Waals surface area contributed by atoms with E-state index in [1.165, 1.54) is 5.56 Å². The maximum Gasteiger partial charge on any atom is 0.239 e. The van der Waals surface area contributed by atoms with Crippen molar-refractivity contribution >= 4 is 5.91 Å². The fraction of sp³-hybridized carbons (Fsp3) is 0.500. The number of piperazine rings is 1. The van der Waals surface area contributed by atoms with E-state index in [0.29, 0.717) is 11.9 Å². The van der Waals surface area contributed by atoms with Crippen molar-refractivity contribution in [3.05, 3.63) is 47.3 Å². The van der Waals surface area contributed by atoms with Crippen LogP contribution in [0.1, 0.15) is 36.7 Å². The number of aryl methyl sites for hydroxylation is 2. The van der Waals surface area contributed by atoms with Crippen LogP contribution in [0.15, 0.2) is 30.3 Å². The van der Waals surface area contributed by atoms with Gasteiger partial charge in [0.25, 0.3) is 0 Å². The summed E-state index contributed by atoms with van der Waals surface area (Å²) in [4.78, 5) is 17.0. The first kappa shape index (κ1) is 16.3. The molecular formula is C20H26N4O. The van der Waals surface area contributed by atoms with Crippen molar-refractivity contribution in [1.82, 2.24) is 19.6 Å². The highest BCUT2D eigenvalue weighted by molar-refractivity contribution is 5.83. The molecule has 4 rings (SSSR count). The Kier molecular flexibility index (Phi) is 4.12. The first-order chi connectivity index (χ1) is 12.0. The molecule has 0 unspecified atom stereocenters. The quantitative estimate of drug-likeness (QED) is 0.864. The van der Waals surface area contributed by atoms with Gasteiger partial charge in [0.2, 0.25) is 5.91 Å². The van der Waals surface area contributed by atoms with E-state index >= 15 is 0 Å².